The van der Waals surface area contributed by atoms with E-state index in [2.05, 4.69) is 28.5 Å². The molecule has 0 bridgehead atoms. The number of nitrogens with one attached hydrogen (secondary N) is 2. The first-order chi connectivity index (χ1) is 20.0. The van der Waals surface area contributed by atoms with E-state index in [0.717, 1.165) is 34.0 Å². The number of aromatic amines is 1. The number of rotatable bonds is 9. The second-order valence-corrected chi connectivity index (χ2v) is 9.16. The quantitative estimate of drug-likeness (QED) is 0.0963. The molecule has 0 radical (unpaired) electrons. The summed E-state index contributed by atoms with van der Waals surface area (Å²) in [5.41, 5.74) is 7.91. The van der Waals surface area contributed by atoms with Gasteiger partial charge in [0.1, 0.15) is 11.4 Å². The number of methoxy groups -OCH3 is 2. The van der Waals surface area contributed by atoms with Crippen molar-refractivity contribution in [3.63, 3.8) is 0 Å². The van der Waals surface area contributed by atoms with Crippen LogP contribution in [0, 0.1) is 0 Å². The first kappa shape index (κ1) is 27.2. The third kappa shape index (κ3) is 5.81. The zero-order valence-electron chi connectivity index (χ0n) is 22.9. The standard InChI is InChI=1S/C33H29N3O5/c1-4-22-11-8-12-26-29(23-9-6-5-7-10-23)31(35-30(22)26)32(37)36-34-20-21-13-18-27(28(19-21)40-3)41-33(38)24-14-16-25(39-2)17-15-24/h5-20,35H,4H2,1-3H3,(H,36,37). The van der Waals surface area contributed by atoms with E-state index in [1.807, 2.05) is 42.5 Å². The lowest BCUT2D eigenvalue weighted by atomic mass is 10.00. The molecule has 0 fully saturated rings. The van der Waals surface area contributed by atoms with E-state index in [1.54, 1.807) is 49.6 Å². The zero-order chi connectivity index (χ0) is 28.8. The Morgan fingerprint density at radius 2 is 1.66 bits per heavy atom. The van der Waals surface area contributed by atoms with Crippen LogP contribution in [0.4, 0.5) is 0 Å². The second kappa shape index (κ2) is 12.2. The molecule has 0 saturated carbocycles. The maximum absolute atomic E-state index is 13.3. The number of carbonyl (C=O) groups excluding carboxylic acids is 2. The minimum atomic E-state index is -0.529. The molecular formula is C33H29N3O5. The fraction of sp³-hybridized carbons (Fsp3) is 0.121. The van der Waals surface area contributed by atoms with Crippen LogP contribution in [0.2, 0.25) is 0 Å². The highest BCUT2D eigenvalue weighted by Gasteiger charge is 2.20. The number of esters is 1. The van der Waals surface area contributed by atoms with Gasteiger partial charge in [0, 0.05) is 16.5 Å². The highest BCUT2D eigenvalue weighted by atomic mass is 16.6. The van der Waals surface area contributed by atoms with Gasteiger partial charge in [-0.3, -0.25) is 4.79 Å². The molecule has 0 atom stereocenters. The van der Waals surface area contributed by atoms with Crippen molar-refractivity contribution in [1.29, 1.82) is 0 Å². The highest BCUT2D eigenvalue weighted by Crippen LogP contribution is 2.34. The first-order valence-electron chi connectivity index (χ1n) is 13.1. The molecule has 1 aromatic heterocycles. The van der Waals surface area contributed by atoms with Gasteiger partial charge in [0.2, 0.25) is 0 Å². The van der Waals surface area contributed by atoms with Crippen LogP contribution in [0.5, 0.6) is 17.2 Å². The van der Waals surface area contributed by atoms with Gasteiger partial charge in [-0.1, -0.05) is 55.5 Å². The monoisotopic (exact) mass is 547 g/mol. The average molecular weight is 548 g/mol. The van der Waals surface area contributed by atoms with Gasteiger partial charge >= 0.3 is 5.97 Å². The smallest absolute Gasteiger partial charge is 0.343 e. The topological polar surface area (TPSA) is 102 Å². The molecule has 0 aliphatic carbocycles. The third-order valence-electron chi connectivity index (χ3n) is 6.69. The normalized spacial score (nSPS) is 11.0. The lowest BCUT2D eigenvalue weighted by Gasteiger charge is -2.10. The van der Waals surface area contributed by atoms with E-state index in [4.69, 9.17) is 14.2 Å². The van der Waals surface area contributed by atoms with E-state index in [1.165, 1.54) is 13.3 Å². The summed E-state index contributed by atoms with van der Waals surface area (Å²) < 4.78 is 16.1. The van der Waals surface area contributed by atoms with E-state index in [9.17, 15) is 9.59 Å². The van der Waals surface area contributed by atoms with Crippen molar-refractivity contribution >= 4 is 29.0 Å². The number of H-pyrrole nitrogens is 1. The summed E-state index contributed by atoms with van der Waals surface area (Å²) in [4.78, 5) is 29.2. The average Bonchev–Trinajstić information content (AvgIpc) is 3.42. The summed E-state index contributed by atoms with van der Waals surface area (Å²) in [6, 6.07) is 27.5. The van der Waals surface area contributed by atoms with Gasteiger partial charge in [-0.25, -0.2) is 10.2 Å². The Kier molecular flexibility index (Phi) is 8.10. The molecule has 8 nitrogen and oxygen atoms in total. The Morgan fingerprint density at radius 3 is 2.37 bits per heavy atom. The van der Waals surface area contributed by atoms with Crippen LogP contribution in [0.25, 0.3) is 22.0 Å². The number of para-hydroxylation sites is 1. The highest BCUT2D eigenvalue weighted by molar-refractivity contribution is 6.10. The fourth-order valence-electron chi connectivity index (χ4n) is 4.60. The van der Waals surface area contributed by atoms with Crippen LogP contribution in [0.3, 0.4) is 0 Å². The van der Waals surface area contributed by atoms with E-state index >= 15 is 0 Å². The van der Waals surface area contributed by atoms with Gasteiger partial charge < -0.3 is 19.2 Å². The minimum absolute atomic E-state index is 0.256. The number of aromatic nitrogens is 1. The summed E-state index contributed by atoms with van der Waals surface area (Å²) in [6.45, 7) is 2.08. The van der Waals surface area contributed by atoms with Gasteiger partial charge in [0.15, 0.2) is 11.5 Å². The zero-order valence-corrected chi connectivity index (χ0v) is 22.9. The van der Waals surface area contributed by atoms with Crippen molar-refractivity contribution in [2.75, 3.05) is 14.2 Å². The molecule has 0 spiro atoms. The van der Waals surface area contributed by atoms with Crippen molar-refractivity contribution in [3.05, 3.63) is 113 Å². The number of aryl methyl sites for hydroxylation is 1. The largest absolute Gasteiger partial charge is 0.497 e. The fourth-order valence-corrected chi connectivity index (χ4v) is 4.60. The number of nitrogens with zero attached hydrogens (tertiary/aromatic N) is 1. The summed E-state index contributed by atoms with van der Waals surface area (Å²) in [5, 5.41) is 5.16. The SMILES string of the molecule is CCc1cccc2c(-c3ccccc3)c(C(=O)NN=Cc3ccc(OC(=O)c4ccc(OC)cc4)c(OC)c3)[nH]c12. The predicted molar refractivity (Wildman–Crippen MR) is 159 cm³/mol. The van der Waals surface area contributed by atoms with E-state index in [0.29, 0.717) is 28.3 Å². The number of fused-ring (bicyclic) bond motifs is 1. The summed E-state index contributed by atoms with van der Waals surface area (Å²) >= 11 is 0. The number of hydrogen-bond acceptors (Lipinski definition) is 6. The number of amides is 1. The molecule has 1 amide bonds. The Balaban J connectivity index is 1.35. The number of benzene rings is 4. The van der Waals surface area contributed by atoms with Gasteiger partial charge in [0.25, 0.3) is 5.91 Å². The molecule has 8 heteroatoms. The summed E-state index contributed by atoms with van der Waals surface area (Å²) in [5.74, 6) is 0.346. The van der Waals surface area contributed by atoms with E-state index < -0.39 is 5.97 Å². The molecule has 0 aliphatic rings. The second-order valence-electron chi connectivity index (χ2n) is 9.16. The molecule has 41 heavy (non-hydrogen) atoms. The minimum Gasteiger partial charge on any atom is -0.497 e. The molecule has 5 aromatic rings. The molecule has 4 aromatic carbocycles. The molecule has 0 saturated heterocycles. The first-order valence-corrected chi connectivity index (χ1v) is 13.1. The van der Waals surface area contributed by atoms with Crippen LogP contribution in [0.15, 0.2) is 96.1 Å². The lowest BCUT2D eigenvalue weighted by Crippen LogP contribution is -2.19. The number of ether oxygens (including phenoxy) is 3. The molecular weight excluding hydrogens is 518 g/mol. The summed E-state index contributed by atoms with van der Waals surface area (Å²) in [7, 11) is 3.04. The van der Waals surface area contributed by atoms with Crippen molar-refractivity contribution in [1.82, 2.24) is 10.4 Å². The molecule has 0 aliphatic heterocycles. The van der Waals surface area contributed by atoms with Crippen molar-refractivity contribution < 1.29 is 23.8 Å². The Bertz CT molecular complexity index is 1720. The van der Waals surface area contributed by atoms with Gasteiger partial charge in [-0.15, -0.1) is 0 Å². The van der Waals surface area contributed by atoms with Crippen molar-refractivity contribution in [2.45, 2.75) is 13.3 Å². The molecule has 1 heterocycles. The van der Waals surface area contributed by atoms with Crippen molar-refractivity contribution in [3.8, 4) is 28.4 Å². The van der Waals surface area contributed by atoms with Crippen LogP contribution in [-0.4, -0.2) is 37.3 Å². The van der Waals surface area contributed by atoms with Crippen LogP contribution >= 0.6 is 0 Å². The Hall–Kier alpha value is -5.37. The maximum Gasteiger partial charge on any atom is 0.343 e. The van der Waals surface area contributed by atoms with Crippen LogP contribution < -0.4 is 19.6 Å². The lowest BCUT2D eigenvalue weighted by molar-refractivity contribution is 0.0729. The van der Waals surface area contributed by atoms with Gasteiger partial charge in [-0.05, 0) is 65.6 Å². The number of carbonyl (C=O) groups is 2. The molecule has 5 rings (SSSR count). The van der Waals surface area contributed by atoms with Crippen molar-refractivity contribution in [2.24, 2.45) is 5.10 Å². The van der Waals surface area contributed by atoms with E-state index in [-0.39, 0.29) is 11.7 Å². The number of hydrazone groups is 1. The molecule has 0 unspecified atom stereocenters. The number of hydrogen-bond donors (Lipinski definition) is 2. The Labute approximate surface area is 237 Å². The third-order valence-corrected chi connectivity index (χ3v) is 6.69. The summed E-state index contributed by atoms with van der Waals surface area (Å²) in [6.07, 6.45) is 2.33. The van der Waals surface area contributed by atoms with Gasteiger partial charge in [-0.2, -0.15) is 5.10 Å². The maximum atomic E-state index is 13.3. The van der Waals surface area contributed by atoms with Crippen LogP contribution in [0.1, 0.15) is 38.9 Å². The molecule has 2 N–H and O–H groups in total. The van der Waals surface area contributed by atoms with Crippen LogP contribution in [-0.2, 0) is 6.42 Å². The van der Waals surface area contributed by atoms with Gasteiger partial charge in [0.05, 0.1) is 26.0 Å². The predicted octanol–water partition coefficient (Wildman–Crippen LogP) is 6.40. The Morgan fingerprint density at radius 1 is 0.878 bits per heavy atom. The molecule has 206 valence electrons.